The van der Waals surface area contributed by atoms with Gasteiger partial charge in [0.2, 0.25) is 0 Å². The highest BCUT2D eigenvalue weighted by Crippen LogP contribution is 2.15. The molecule has 2 N–H and O–H groups in total. The summed E-state index contributed by atoms with van der Waals surface area (Å²) in [5.74, 6) is 0.833. The van der Waals surface area contributed by atoms with Crippen LogP contribution in [0, 0.1) is 6.92 Å². The van der Waals surface area contributed by atoms with Gasteiger partial charge in [0.05, 0.1) is 12.6 Å². The van der Waals surface area contributed by atoms with Crippen LogP contribution in [0.15, 0.2) is 11.2 Å². The number of nitrogens with zero attached hydrogens (tertiary/aromatic N) is 2. The molecule has 1 fully saturated rings. The Bertz CT molecular complexity index is 371. The number of hydrogen-bond donors (Lipinski definition) is 1. The average Bonchev–Trinajstić information content (AvgIpc) is 2.77. The SMILES string of the molecule is Cc1nc(S(N)=O)cn1CC1CCCO1. The Hall–Kier alpha value is -0.720. The van der Waals surface area contributed by atoms with Crippen LogP contribution in [-0.4, -0.2) is 26.5 Å². The van der Waals surface area contributed by atoms with Crippen LogP contribution in [0.2, 0.25) is 0 Å². The lowest BCUT2D eigenvalue weighted by Gasteiger charge is -2.10. The van der Waals surface area contributed by atoms with E-state index < -0.39 is 11.0 Å². The largest absolute Gasteiger partial charge is 0.376 e. The number of rotatable bonds is 3. The Labute approximate surface area is 91.2 Å². The van der Waals surface area contributed by atoms with Gasteiger partial charge in [-0.05, 0) is 19.8 Å². The summed E-state index contributed by atoms with van der Waals surface area (Å²) < 4.78 is 18.5. The molecule has 2 atom stereocenters. The highest BCUT2D eigenvalue weighted by molar-refractivity contribution is 7.82. The molecular weight excluding hydrogens is 214 g/mol. The lowest BCUT2D eigenvalue weighted by Crippen LogP contribution is -2.15. The lowest BCUT2D eigenvalue weighted by atomic mass is 10.2. The fraction of sp³-hybridized carbons (Fsp3) is 0.667. The van der Waals surface area contributed by atoms with Crippen molar-refractivity contribution in [3.05, 3.63) is 12.0 Å². The van der Waals surface area contributed by atoms with Crippen molar-refractivity contribution in [2.75, 3.05) is 6.61 Å². The molecule has 1 saturated heterocycles. The van der Waals surface area contributed by atoms with E-state index in [9.17, 15) is 4.21 Å². The number of imidazole rings is 1. The zero-order chi connectivity index (χ0) is 10.8. The average molecular weight is 229 g/mol. The first kappa shape index (κ1) is 10.8. The Morgan fingerprint density at radius 3 is 3.13 bits per heavy atom. The predicted octanol–water partition coefficient (Wildman–Crippen LogP) is 0.352. The molecule has 5 nitrogen and oxygen atoms in total. The van der Waals surface area contributed by atoms with Crippen LogP contribution in [0.4, 0.5) is 0 Å². The van der Waals surface area contributed by atoms with E-state index in [0.29, 0.717) is 5.03 Å². The fourth-order valence-corrected chi connectivity index (χ4v) is 2.22. The Kier molecular flexibility index (Phi) is 3.18. The minimum atomic E-state index is -1.49. The van der Waals surface area contributed by atoms with Crippen LogP contribution in [0.5, 0.6) is 0 Å². The van der Waals surface area contributed by atoms with E-state index in [1.54, 1.807) is 6.20 Å². The van der Waals surface area contributed by atoms with Crippen LogP contribution < -0.4 is 5.14 Å². The molecular formula is C9H15N3O2S. The summed E-state index contributed by atoms with van der Waals surface area (Å²) in [5.41, 5.74) is 0. The molecule has 0 bridgehead atoms. The number of aryl methyl sites for hydroxylation is 1. The molecule has 2 rings (SSSR count). The number of hydrogen-bond acceptors (Lipinski definition) is 3. The summed E-state index contributed by atoms with van der Waals surface area (Å²) in [6.07, 6.45) is 4.21. The van der Waals surface area contributed by atoms with Gasteiger partial charge >= 0.3 is 0 Å². The van der Waals surface area contributed by atoms with Crippen molar-refractivity contribution in [2.45, 2.75) is 37.4 Å². The van der Waals surface area contributed by atoms with Gasteiger partial charge in [0.15, 0.2) is 5.03 Å². The first-order valence-electron chi connectivity index (χ1n) is 4.98. The molecule has 15 heavy (non-hydrogen) atoms. The minimum Gasteiger partial charge on any atom is -0.376 e. The molecule has 1 aromatic heterocycles. The standard InChI is InChI=1S/C9H15N3O2S/c1-7-11-9(15(10)13)6-12(7)5-8-3-2-4-14-8/h6,8H,2-5,10H2,1H3. The van der Waals surface area contributed by atoms with Crippen molar-refractivity contribution >= 4 is 11.0 Å². The van der Waals surface area contributed by atoms with Crippen molar-refractivity contribution < 1.29 is 8.95 Å². The van der Waals surface area contributed by atoms with Crippen molar-refractivity contribution in [3.8, 4) is 0 Å². The molecule has 2 unspecified atom stereocenters. The Balaban J connectivity index is 2.10. The van der Waals surface area contributed by atoms with Gasteiger partial charge in [-0.3, -0.25) is 0 Å². The molecule has 0 amide bonds. The van der Waals surface area contributed by atoms with Gasteiger partial charge in [0.25, 0.3) is 0 Å². The summed E-state index contributed by atoms with van der Waals surface area (Å²) in [5, 5.41) is 5.70. The third kappa shape index (κ3) is 2.45. The second-order valence-corrected chi connectivity index (χ2v) is 4.72. The second kappa shape index (κ2) is 4.42. The van der Waals surface area contributed by atoms with Crippen molar-refractivity contribution in [1.29, 1.82) is 0 Å². The second-order valence-electron chi connectivity index (χ2n) is 3.71. The zero-order valence-electron chi connectivity index (χ0n) is 8.68. The first-order valence-corrected chi connectivity index (χ1v) is 6.19. The van der Waals surface area contributed by atoms with Crippen molar-refractivity contribution in [2.24, 2.45) is 5.14 Å². The van der Waals surface area contributed by atoms with E-state index in [1.165, 1.54) is 0 Å². The quantitative estimate of drug-likeness (QED) is 0.813. The summed E-state index contributed by atoms with van der Waals surface area (Å²) >= 11 is 0. The van der Waals surface area contributed by atoms with Gasteiger partial charge in [-0.25, -0.2) is 14.3 Å². The summed E-state index contributed by atoms with van der Waals surface area (Å²) in [7, 11) is -1.49. The van der Waals surface area contributed by atoms with Gasteiger partial charge in [0, 0.05) is 12.8 Å². The summed E-state index contributed by atoms with van der Waals surface area (Å²) in [6.45, 7) is 3.50. The highest BCUT2D eigenvalue weighted by atomic mass is 32.2. The molecule has 84 valence electrons. The first-order chi connectivity index (χ1) is 7.16. The van der Waals surface area contributed by atoms with E-state index in [4.69, 9.17) is 9.88 Å². The van der Waals surface area contributed by atoms with E-state index in [-0.39, 0.29) is 6.10 Å². The number of aromatic nitrogens is 2. The monoisotopic (exact) mass is 229 g/mol. The van der Waals surface area contributed by atoms with Gasteiger partial charge < -0.3 is 9.30 Å². The lowest BCUT2D eigenvalue weighted by molar-refractivity contribution is 0.0964. The maximum atomic E-state index is 11.0. The van der Waals surface area contributed by atoms with Crippen LogP contribution in [-0.2, 0) is 22.3 Å². The third-order valence-corrected chi connectivity index (χ3v) is 3.19. The summed E-state index contributed by atoms with van der Waals surface area (Å²) in [6, 6.07) is 0. The van der Waals surface area contributed by atoms with Gasteiger partial charge in [-0.1, -0.05) is 0 Å². The number of ether oxygens (including phenoxy) is 1. The fourth-order valence-electron chi connectivity index (χ4n) is 1.77. The van der Waals surface area contributed by atoms with Crippen LogP contribution >= 0.6 is 0 Å². The molecule has 0 saturated carbocycles. The smallest absolute Gasteiger partial charge is 0.160 e. The molecule has 2 heterocycles. The van der Waals surface area contributed by atoms with E-state index in [1.807, 2.05) is 11.5 Å². The molecule has 0 spiro atoms. The van der Waals surface area contributed by atoms with Gasteiger partial charge in [-0.15, -0.1) is 0 Å². The normalized spacial score (nSPS) is 23.2. The molecule has 6 heteroatoms. The number of nitrogens with two attached hydrogens (primary N) is 1. The maximum absolute atomic E-state index is 11.0. The third-order valence-electron chi connectivity index (χ3n) is 2.58. The molecule has 1 aliphatic heterocycles. The highest BCUT2D eigenvalue weighted by Gasteiger charge is 2.17. The van der Waals surface area contributed by atoms with Gasteiger partial charge in [0.1, 0.15) is 16.8 Å². The molecule has 0 radical (unpaired) electrons. The Morgan fingerprint density at radius 1 is 1.80 bits per heavy atom. The van der Waals surface area contributed by atoms with Gasteiger partial charge in [-0.2, -0.15) is 0 Å². The van der Waals surface area contributed by atoms with Crippen molar-refractivity contribution in [1.82, 2.24) is 9.55 Å². The van der Waals surface area contributed by atoms with Crippen LogP contribution in [0.1, 0.15) is 18.7 Å². The predicted molar refractivity (Wildman–Crippen MR) is 56.5 cm³/mol. The molecule has 0 aliphatic carbocycles. The molecule has 1 aromatic rings. The van der Waals surface area contributed by atoms with Crippen LogP contribution in [0.3, 0.4) is 0 Å². The van der Waals surface area contributed by atoms with Crippen molar-refractivity contribution in [3.63, 3.8) is 0 Å². The molecule has 0 aromatic carbocycles. The molecule has 1 aliphatic rings. The minimum absolute atomic E-state index is 0.261. The van der Waals surface area contributed by atoms with E-state index >= 15 is 0 Å². The van der Waals surface area contributed by atoms with E-state index in [0.717, 1.165) is 31.8 Å². The summed E-state index contributed by atoms with van der Waals surface area (Å²) in [4.78, 5) is 4.13. The topological polar surface area (TPSA) is 70.1 Å². The van der Waals surface area contributed by atoms with Crippen LogP contribution in [0.25, 0.3) is 0 Å². The zero-order valence-corrected chi connectivity index (χ0v) is 9.50. The maximum Gasteiger partial charge on any atom is 0.160 e. The Morgan fingerprint density at radius 2 is 2.60 bits per heavy atom. The van der Waals surface area contributed by atoms with E-state index in [2.05, 4.69) is 4.98 Å².